The van der Waals surface area contributed by atoms with Crippen LogP contribution in [-0.2, 0) is 6.54 Å². The number of fused-ring (bicyclic) bond motifs is 1. The standard InChI is InChI=1S/C20H18N6O2S2/c1-12-23-24-20-26(12)25-18(30-20)14-9-7-13(8-10-14)11-21-19(29)22-17(27)15-5-3-4-6-16(15)28-2/h3-10H,11H2,1-2H3,(H2,21,22,27,29). The average molecular weight is 439 g/mol. The third-order valence-corrected chi connectivity index (χ3v) is 5.57. The summed E-state index contributed by atoms with van der Waals surface area (Å²) in [5.41, 5.74) is 2.45. The summed E-state index contributed by atoms with van der Waals surface area (Å²) in [6.45, 7) is 2.35. The Morgan fingerprint density at radius 1 is 1.17 bits per heavy atom. The molecule has 4 aromatic rings. The van der Waals surface area contributed by atoms with Gasteiger partial charge >= 0.3 is 0 Å². The van der Waals surface area contributed by atoms with Crippen LogP contribution < -0.4 is 15.4 Å². The highest BCUT2D eigenvalue weighted by atomic mass is 32.1. The second kappa shape index (κ2) is 8.56. The van der Waals surface area contributed by atoms with Crippen LogP contribution in [0.2, 0.25) is 0 Å². The summed E-state index contributed by atoms with van der Waals surface area (Å²) in [6, 6.07) is 15.0. The van der Waals surface area contributed by atoms with Gasteiger partial charge in [-0.2, -0.15) is 9.61 Å². The van der Waals surface area contributed by atoms with Crippen LogP contribution in [0, 0.1) is 6.92 Å². The predicted molar refractivity (Wildman–Crippen MR) is 119 cm³/mol. The monoisotopic (exact) mass is 438 g/mol. The fourth-order valence-corrected chi connectivity index (χ4v) is 3.88. The number of carbonyl (C=O) groups excluding carboxylic acids is 1. The molecule has 2 N–H and O–H groups in total. The Morgan fingerprint density at radius 3 is 2.67 bits per heavy atom. The Labute approximate surface area is 181 Å². The molecule has 2 heterocycles. The lowest BCUT2D eigenvalue weighted by Crippen LogP contribution is -2.38. The van der Waals surface area contributed by atoms with Crippen molar-refractivity contribution in [1.82, 2.24) is 30.4 Å². The van der Waals surface area contributed by atoms with E-state index < -0.39 is 0 Å². The highest BCUT2D eigenvalue weighted by molar-refractivity contribution is 7.80. The number of thiocarbonyl (C=S) groups is 1. The van der Waals surface area contributed by atoms with Gasteiger partial charge in [0, 0.05) is 12.1 Å². The van der Waals surface area contributed by atoms with E-state index in [4.69, 9.17) is 17.0 Å². The number of methoxy groups -OCH3 is 1. The Bertz CT molecular complexity index is 1220. The molecule has 0 saturated carbocycles. The van der Waals surface area contributed by atoms with Gasteiger partial charge in [0.2, 0.25) is 4.96 Å². The predicted octanol–water partition coefficient (Wildman–Crippen LogP) is 2.97. The van der Waals surface area contributed by atoms with Gasteiger partial charge < -0.3 is 10.1 Å². The highest BCUT2D eigenvalue weighted by Crippen LogP contribution is 2.25. The molecule has 0 aliphatic carbocycles. The molecule has 152 valence electrons. The molecule has 0 unspecified atom stereocenters. The van der Waals surface area contributed by atoms with Gasteiger partial charge in [-0.1, -0.05) is 47.7 Å². The van der Waals surface area contributed by atoms with E-state index >= 15 is 0 Å². The number of nitrogens with zero attached hydrogens (tertiary/aromatic N) is 4. The number of aromatic nitrogens is 4. The average Bonchev–Trinajstić information content (AvgIpc) is 3.34. The second-order valence-electron chi connectivity index (χ2n) is 6.38. The molecule has 0 aliphatic heterocycles. The van der Waals surface area contributed by atoms with E-state index in [-0.39, 0.29) is 11.0 Å². The molecule has 2 aromatic carbocycles. The molecular formula is C20H18N6O2S2. The van der Waals surface area contributed by atoms with E-state index in [0.717, 1.165) is 26.9 Å². The van der Waals surface area contributed by atoms with Gasteiger partial charge in [0.25, 0.3) is 5.91 Å². The quantitative estimate of drug-likeness (QED) is 0.463. The summed E-state index contributed by atoms with van der Waals surface area (Å²) in [4.78, 5) is 13.2. The number of ether oxygens (including phenoxy) is 1. The summed E-state index contributed by atoms with van der Waals surface area (Å²) in [7, 11) is 1.52. The van der Waals surface area contributed by atoms with Gasteiger partial charge in [0.15, 0.2) is 10.9 Å². The maximum Gasteiger partial charge on any atom is 0.261 e. The fourth-order valence-electron chi connectivity index (χ4n) is 2.83. The van der Waals surface area contributed by atoms with Crippen LogP contribution in [0.5, 0.6) is 5.75 Å². The molecule has 0 radical (unpaired) electrons. The summed E-state index contributed by atoms with van der Waals surface area (Å²) in [6.07, 6.45) is 0. The Kier molecular flexibility index (Phi) is 5.68. The van der Waals surface area contributed by atoms with Crippen LogP contribution in [0.4, 0.5) is 0 Å². The zero-order chi connectivity index (χ0) is 21.1. The van der Waals surface area contributed by atoms with E-state index in [9.17, 15) is 4.79 Å². The van der Waals surface area contributed by atoms with Crippen molar-refractivity contribution < 1.29 is 9.53 Å². The molecule has 0 atom stereocenters. The van der Waals surface area contributed by atoms with Crippen LogP contribution >= 0.6 is 23.6 Å². The molecule has 0 aliphatic rings. The number of aryl methyl sites for hydroxylation is 1. The molecule has 0 saturated heterocycles. The first kappa shape index (κ1) is 19.9. The van der Waals surface area contributed by atoms with E-state index in [1.807, 2.05) is 31.2 Å². The molecule has 30 heavy (non-hydrogen) atoms. The largest absolute Gasteiger partial charge is 0.496 e. The van der Waals surface area contributed by atoms with E-state index in [0.29, 0.717) is 17.9 Å². The molecule has 4 rings (SSSR count). The number of carbonyl (C=O) groups is 1. The third kappa shape index (κ3) is 4.14. The Hall–Kier alpha value is -3.37. The van der Waals surface area contributed by atoms with Crippen molar-refractivity contribution in [2.24, 2.45) is 0 Å². The smallest absolute Gasteiger partial charge is 0.261 e. The Morgan fingerprint density at radius 2 is 1.93 bits per heavy atom. The van der Waals surface area contributed by atoms with E-state index in [1.54, 1.807) is 28.8 Å². The van der Waals surface area contributed by atoms with Gasteiger partial charge in [-0.25, -0.2) is 0 Å². The molecule has 0 spiro atoms. The number of amides is 1. The lowest BCUT2D eigenvalue weighted by atomic mass is 10.1. The summed E-state index contributed by atoms with van der Waals surface area (Å²) < 4.78 is 6.94. The molecule has 2 aromatic heterocycles. The van der Waals surface area contributed by atoms with Crippen molar-refractivity contribution in [3.63, 3.8) is 0 Å². The number of rotatable bonds is 5. The van der Waals surface area contributed by atoms with Gasteiger partial charge in [0.1, 0.15) is 10.8 Å². The minimum absolute atomic E-state index is 0.249. The maximum atomic E-state index is 12.4. The zero-order valence-corrected chi connectivity index (χ0v) is 17.9. The van der Waals surface area contributed by atoms with Gasteiger partial charge in [0.05, 0.1) is 12.7 Å². The van der Waals surface area contributed by atoms with Crippen molar-refractivity contribution in [3.05, 3.63) is 65.5 Å². The first-order valence-electron chi connectivity index (χ1n) is 9.05. The fraction of sp³-hybridized carbons (Fsp3) is 0.150. The molecule has 0 bridgehead atoms. The maximum absolute atomic E-state index is 12.4. The SMILES string of the molecule is COc1ccccc1C(=O)NC(=S)NCc1ccc(-c2nn3c(C)nnc3s2)cc1. The van der Waals surface area contributed by atoms with Crippen molar-refractivity contribution in [3.8, 4) is 16.3 Å². The molecule has 10 heteroatoms. The van der Waals surface area contributed by atoms with Crippen molar-refractivity contribution in [2.45, 2.75) is 13.5 Å². The first-order chi connectivity index (χ1) is 14.5. The number of hydrogen-bond donors (Lipinski definition) is 2. The van der Waals surface area contributed by atoms with E-state index in [2.05, 4.69) is 25.9 Å². The number of benzene rings is 2. The minimum atomic E-state index is -0.320. The van der Waals surface area contributed by atoms with Crippen LogP contribution in [0.25, 0.3) is 15.5 Å². The number of hydrogen-bond acceptors (Lipinski definition) is 7. The topological polar surface area (TPSA) is 93.4 Å². The highest BCUT2D eigenvalue weighted by Gasteiger charge is 2.13. The van der Waals surface area contributed by atoms with Crippen LogP contribution in [0.3, 0.4) is 0 Å². The second-order valence-corrected chi connectivity index (χ2v) is 7.75. The summed E-state index contributed by atoms with van der Waals surface area (Å²) in [5, 5.41) is 19.5. The van der Waals surface area contributed by atoms with Crippen molar-refractivity contribution in [2.75, 3.05) is 7.11 Å². The molecule has 8 nitrogen and oxygen atoms in total. The minimum Gasteiger partial charge on any atom is -0.496 e. The van der Waals surface area contributed by atoms with Crippen LogP contribution in [0.15, 0.2) is 48.5 Å². The van der Waals surface area contributed by atoms with Crippen molar-refractivity contribution in [1.29, 1.82) is 0 Å². The lowest BCUT2D eigenvalue weighted by molar-refractivity contribution is 0.0973. The normalized spacial score (nSPS) is 10.7. The Balaban J connectivity index is 1.35. The van der Waals surface area contributed by atoms with Gasteiger partial charge in [-0.05, 0) is 36.8 Å². The molecule has 0 fully saturated rings. The van der Waals surface area contributed by atoms with Crippen LogP contribution in [0.1, 0.15) is 21.7 Å². The lowest BCUT2D eigenvalue weighted by Gasteiger charge is -2.11. The third-order valence-electron chi connectivity index (χ3n) is 4.38. The van der Waals surface area contributed by atoms with Crippen molar-refractivity contribution >= 4 is 39.5 Å². The summed E-state index contributed by atoms with van der Waals surface area (Å²) in [5.74, 6) is 0.935. The first-order valence-corrected chi connectivity index (χ1v) is 10.3. The van der Waals surface area contributed by atoms with Gasteiger partial charge in [-0.15, -0.1) is 10.2 Å². The number of para-hydroxylation sites is 1. The van der Waals surface area contributed by atoms with Crippen LogP contribution in [-0.4, -0.2) is 37.9 Å². The zero-order valence-electron chi connectivity index (χ0n) is 16.2. The summed E-state index contributed by atoms with van der Waals surface area (Å²) >= 11 is 6.73. The number of nitrogens with one attached hydrogen (secondary N) is 2. The molecule has 1 amide bonds. The van der Waals surface area contributed by atoms with Gasteiger partial charge in [-0.3, -0.25) is 10.1 Å². The molecular weight excluding hydrogens is 420 g/mol. The van der Waals surface area contributed by atoms with E-state index in [1.165, 1.54) is 18.4 Å².